The van der Waals surface area contributed by atoms with Crippen LogP contribution in [0.15, 0.2) is 35.7 Å². The van der Waals surface area contributed by atoms with Gasteiger partial charge in [-0.25, -0.2) is 0 Å². The molecule has 0 aliphatic carbocycles. The predicted octanol–water partition coefficient (Wildman–Crippen LogP) is 3.67. The SMILES string of the molecule is COc1ccc2c(c1)CCN(CCCCc1cccs1)CC2O. The third-order valence-electron chi connectivity index (χ3n) is 4.57. The van der Waals surface area contributed by atoms with Gasteiger partial charge in [0, 0.05) is 18.0 Å². The number of aryl methyl sites for hydroxylation is 1. The molecule has 1 aliphatic rings. The lowest BCUT2D eigenvalue weighted by Crippen LogP contribution is -2.29. The molecule has 1 aromatic heterocycles. The molecule has 3 nitrogen and oxygen atoms in total. The minimum absolute atomic E-state index is 0.393. The number of fused-ring (bicyclic) bond motifs is 1. The van der Waals surface area contributed by atoms with Crippen molar-refractivity contribution >= 4 is 11.3 Å². The van der Waals surface area contributed by atoms with Gasteiger partial charge in [0.15, 0.2) is 0 Å². The van der Waals surface area contributed by atoms with Crippen LogP contribution in [0.2, 0.25) is 0 Å². The highest BCUT2D eigenvalue weighted by atomic mass is 32.1. The number of methoxy groups -OCH3 is 1. The zero-order chi connectivity index (χ0) is 16.1. The molecule has 0 saturated carbocycles. The number of aliphatic hydroxyl groups excluding tert-OH is 1. The summed E-state index contributed by atoms with van der Waals surface area (Å²) in [5.41, 5.74) is 2.28. The number of nitrogens with zero attached hydrogens (tertiary/aromatic N) is 1. The van der Waals surface area contributed by atoms with E-state index in [0.29, 0.717) is 0 Å². The molecule has 1 aliphatic heterocycles. The fourth-order valence-corrected chi connectivity index (χ4v) is 4.01. The molecule has 0 fully saturated rings. The van der Waals surface area contributed by atoms with Crippen LogP contribution in [0.5, 0.6) is 5.75 Å². The molecule has 1 atom stereocenters. The van der Waals surface area contributed by atoms with Gasteiger partial charge in [-0.3, -0.25) is 0 Å². The normalized spacial score (nSPS) is 18.4. The summed E-state index contributed by atoms with van der Waals surface area (Å²) in [5, 5.41) is 12.6. The average molecular weight is 331 g/mol. The second kappa shape index (κ2) is 7.95. The number of unbranched alkanes of at least 4 members (excludes halogenated alkanes) is 1. The Bertz CT molecular complexity index is 612. The molecule has 1 unspecified atom stereocenters. The first-order chi connectivity index (χ1) is 11.3. The van der Waals surface area contributed by atoms with Crippen molar-refractivity contribution < 1.29 is 9.84 Å². The molecule has 2 heterocycles. The van der Waals surface area contributed by atoms with Crippen molar-refractivity contribution in [2.45, 2.75) is 31.8 Å². The lowest BCUT2D eigenvalue weighted by Gasteiger charge is -2.21. The summed E-state index contributed by atoms with van der Waals surface area (Å²) in [6, 6.07) is 10.4. The highest BCUT2D eigenvalue weighted by Gasteiger charge is 2.21. The average Bonchev–Trinajstić information content (AvgIpc) is 3.03. The number of rotatable bonds is 6. The first-order valence-electron chi connectivity index (χ1n) is 8.36. The number of aliphatic hydroxyl groups is 1. The Labute approximate surface area is 142 Å². The van der Waals surface area contributed by atoms with Gasteiger partial charge in [-0.05, 0) is 66.9 Å². The van der Waals surface area contributed by atoms with E-state index >= 15 is 0 Å². The van der Waals surface area contributed by atoms with E-state index < -0.39 is 6.10 Å². The van der Waals surface area contributed by atoms with Crippen LogP contribution >= 0.6 is 11.3 Å². The fraction of sp³-hybridized carbons (Fsp3) is 0.474. The minimum Gasteiger partial charge on any atom is -0.497 e. The first kappa shape index (κ1) is 16.5. The number of β-amino-alcohol motifs (C(OH)–C–C–N with tert-alkyl or cyclic N) is 1. The van der Waals surface area contributed by atoms with Crippen LogP contribution in [0.1, 0.15) is 34.9 Å². The van der Waals surface area contributed by atoms with Crippen LogP contribution in [-0.4, -0.2) is 36.8 Å². The molecule has 0 bridgehead atoms. The standard InChI is InChI=1S/C19H25NO2S/c1-22-16-7-8-18-15(13-16)9-11-20(14-19(18)21)10-3-2-5-17-6-4-12-23-17/h4,6-8,12-13,19,21H,2-3,5,9-11,14H2,1H3. The molecule has 124 valence electrons. The van der Waals surface area contributed by atoms with Crippen molar-refractivity contribution in [3.8, 4) is 5.75 Å². The van der Waals surface area contributed by atoms with Gasteiger partial charge in [-0.2, -0.15) is 0 Å². The quantitative estimate of drug-likeness (QED) is 0.820. The van der Waals surface area contributed by atoms with Crippen LogP contribution in [0.4, 0.5) is 0 Å². The Morgan fingerprint density at radius 2 is 2.22 bits per heavy atom. The van der Waals surface area contributed by atoms with E-state index in [-0.39, 0.29) is 0 Å². The monoisotopic (exact) mass is 331 g/mol. The zero-order valence-corrected chi connectivity index (χ0v) is 14.5. The first-order valence-corrected chi connectivity index (χ1v) is 9.24. The minimum atomic E-state index is -0.393. The van der Waals surface area contributed by atoms with Crippen LogP contribution in [0, 0.1) is 0 Å². The summed E-state index contributed by atoms with van der Waals surface area (Å²) in [6.45, 7) is 2.81. The van der Waals surface area contributed by atoms with E-state index in [4.69, 9.17) is 4.74 Å². The molecular weight excluding hydrogens is 306 g/mol. The maximum absolute atomic E-state index is 10.5. The van der Waals surface area contributed by atoms with Crippen LogP contribution in [0.25, 0.3) is 0 Å². The Morgan fingerprint density at radius 1 is 1.30 bits per heavy atom. The lowest BCUT2D eigenvalue weighted by molar-refractivity contribution is 0.119. The van der Waals surface area contributed by atoms with Crippen LogP contribution in [0.3, 0.4) is 0 Å². The van der Waals surface area contributed by atoms with E-state index in [2.05, 4.69) is 28.5 Å². The molecule has 1 N–H and O–H groups in total. The third kappa shape index (κ3) is 4.34. The molecule has 4 heteroatoms. The zero-order valence-electron chi connectivity index (χ0n) is 13.7. The van der Waals surface area contributed by atoms with Crippen molar-refractivity contribution in [1.82, 2.24) is 4.90 Å². The van der Waals surface area contributed by atoms with Gasteiger partial charge in [0.25, 0.3) is 0 Å². The van der Waals surface area contributed by atoms with Gasteiger partial charge >= 0.3 is 0 Å². The van der Waals surface area contributed by atoms with Crippen LogP contribution < -0.4 is 4.74 Å². The summed E-state index contributed by atoms with van der Waals surface area (Å²) in [4.78, 5) is 3.87. The number of benzene rings is 1. The van der Waals surface area contributed by atoms with Gasteiger partial charge in [0.2, 0.25) is 0 Å². The number of thiophene rings is 1. The second-order valence-corrected chi connectivity index (χ2v) is 7.20. The summed E-state index contributed by atoms with van der Waals surface area (Å²) in [6.07, 6.45) is 4.16. The second-order valence-electron chi connectivity index (χ2n) is 6.17. The Hall–Kier alpha value is -1.36. The van der Waals surface area contributed by atoms with Gasteiger partial charge in [0.05, 0.1) is 13.2 Å². The van der Waals surface area contributed by atoms with Gasteiger partial charge in [-0.1, -0.05) is 12.1 Å². The van der Waals surface area contributed by atoms with Crippen molar-refractivity contribution in [3.63, 3.8) is 0 Å². The maximum Gasteiger partial charge on any atom is 0.119 e. The number of hydrogen-bond donors (Lipinski definition) is 1. The van der Waals surface area contributed by atoms with E-state index in [0.717, 1.165) is 37.4 Å². The largest absolute Gasteiger partial charge is 0.497 e. The van der Waals surface area contributed by atoms with E-state index in [9.17, 15) is 5.11 Å². The van der Waals surface area contributed by atoms with E-state index in [1.807, 2.05) is 23.5 Å². The van der Waals surface area contributed by atoms with Gasteiger partial charge in [0.1, 0.15) is 5.75 Å². The molecule has 1 aromatic carbocycles. The molecular formula is C19H25NO2S. The summed E-state index contributed by atoms with van der Waals surface area (Å²) >= 11 is 1.84. The highest BCUT2D eigenvalue weighted by Crippen LogP contribution is 2.27. The van der Waals surface area contributed by atoms with Crippen molar-refractivity contribution in [1.29, 1.82) is 0 Å². The van der Waals surface area contributed by atoms with Crippen molar-refractivity contribution in [2.75, 3.05) is 26.7 Å². The molecule has 2 aromatic rings. The van der Waals surface area contributed by atoms with E-state index in [1.54, 1.807) is 7.11 Å². The van der Waals surface area contributed by atoms with Crippen LogP contribution in [-0.2, 0) is 12.8 Å². The molecule has 0 radical (unpaired) electrons. The van der Waals surface area contributed by atoms with Gasteiger partial charge in [-0.15, -0.1) is 11.3 Å². The molecule has 3 rings (SSSR count). The summed E-state index contributed by atoms with van der Waals surface area (Å²) in [5.74, 6) is 0.875. The molecule has 0 amide bonds. The van der Waals surface area contributed by atoms with Gasteiger partial charge < -0.3 is 14.7 Å². The smallest absolute Gasteiger partial charge is 0.119 e. The maximum atomic E-state index is 10.5. The predicted molar refractivity (Wildman–Crippen MR) is 95.4 cm³/mol. The Morgan fingerprint density at radius 3 is 3.00 bits per heavy atom. The molecule has 0 spiro atoms. The lowest BCUT2D eigenvalue weighted by atomic mass is 10.0. The topological polar surface area (TPSA) is 32.7 Å². The highest BCUT2D eigenvalue weighted by molar-refractivity contribution is 7.09. The fourth-order valence-electron chi connectivity index (χ4n) is 3.26. The Kier molecular flexibility index (Phi) is 5.70. The molecule has 23 heavy (non-hydrogen) atoms. The summed E-state index contributed by atoms with van der Waals surface area (Å²) < 4.78 is 5.30. The van der Waals surface area contributed by atoms with Crippen molar-refractivity contribution in [3.05, 3.63) is 51.7 Å². The Balaban J connectivity index is 1.51. The number of hydrogen-bond acceptors (Lipinski definition) is 4. The third-order valence-corrected chi connectivity index (χ3v) is 5.50. The van der Waals surface area contributed by atoms with Crippen molar-refractivity contribution in [2.24, 2.45) is 0 Å². The summed E-state index contributed by atoms with van der Waals surface area (Å²) in [7, 11) is 1.69. The van der Waals surface area contributed by atoms with E-state index in [1.165, 1.54) is 29.7 Å². The number of ether oxygens (including phenoxy) is 1. The molecule has 0 saturated heterocycles.